The summed E-state index contributed by atoms with van der Waals surface area (Å²) < 4.78 is 4.64. The summed E-state index contributed by atoms with van der Waals surface area (Å²) >= 11 is 6.36. The summed E-state index contributed by atoms with van der Waals surface area (Å²) in [6.07, 6.45) is 5.26. The van der Waals surface area contributed by atoms with Crippen LogP contribution in [0.25, 0.3) is 0 Å². The van der Waals surface area contributed by atoms with Gasteiger partial charge in [0.2, 0.25) is 0 Å². The molecule has 1 aromatic carbocycles. The number of carbonyl (C=O) groups is 2. The molecule has 0 aliphatic heterocycles. The Morgan fingerprint density at radius 3 is 2.71 bits per heavy atom. The molecule has 134 valence electrons. The number of ether oxygens (including phenoxy) is 1. The van der Waals surface area contributed by atoms with Crippen molar-refractivity contribution in [2.75, 3.05) is 13.7 Å². The zero-order chi connectivity index (χ0) is 16.7. The van der Waals surface area contributed by atoms with E-state index in [1.807, 2.05) is 24.3 Å². The zero-order valence-electron chi connectivity index (χ0n) is 14.0. The van der Waals surface area contributed by atoms with Gasteiger partial charge in [-0.1, -0.05) is 36.2 Å². The SMILES string of the molecule is COC(=O)CCCCNC1(c2ccccc2Cl)CCCCC1=O.Cl. The van der Waals surface area contributed by atoms with Crippen LogP contribution < -0.4 is 5.32 Å². The van der Waals surface area contributed by atoms with Gasteiger partial charge in [-0.2, -0.15) is 0 Å². The molecule has 0 bridgehead atoms. The van der Waals surface area contributed by atoms with Crippen LogP contribution in [0.3, 0.4) is 0 Å². The van der Waals surface area contributed by atoms with Gasteiger partial charge in [0.25, 0.3) is 0 Å². The quantitative estimate of drug-likeness (QED) is 0.578. The molecule has 1 saturated carbocycles. The highest BCUT2D eigenvalue weighted by molar-refractivity contribution is 6.31. The van der Waals surface area contributed by atoms with Gasteiger partial charge >= 0.3 is 5.97 Å². The molecule has 0 heterocycles. The van der Waals surface area contributed by atoms with Crippen molar-refractivity contribution in [2.24, 2.45) is 0 Å². The molecule has 0 amide bonds. The van der Waals surface area contributed by atoms with Crippen molar-refractivity contribution >= 4 is 35.8 Å². The monoisotopic (exact) mass is 373 g/mol. The van der Waals surface area contributed by atoms with Crippen LogP contribution in [-0.2, 0) is 19.9 Å². The van der Waals surface area contributed by atoms with E-state index >= 15 is 0 Å². The van der Waals surface area contributed by atoms with Gasteiger partial charge in [0.15, 0.2) is 5.78 Å². The lowest BCUT2D eigenvalue weighted by molar-refractivity contribution is -0.140. The Labute approximate surface area is 154 Å². The fraction of sp³-hybridized carbons (Fsp3) is 0.556. The van der Waals surface area contributed by atoms with E-state index in [4.69, 9.17) is 11.6 Å². The summed E-state index contributed by atoms with van der Waals surface area (Å²) in [5, 5.41) is 4.08. The van der Waals surface area contributed by atoms with Crippen LogP contribution in [0.5, 0.6) is 0 Å². The summed E-state index contributed by atoms with van der Waals surface area (Å²) in [4.78, 5) is 23.8. The molecule has 0 aromatic heterocycles. The molecule has 2 rings (SSSR count). The molecule has 1 N–H and O–H groups in total. The highest BCUT2D eigenvalue weighted by Gasteiger charge is 2.41. The molecule has 1 fully saturated rings. The maximum atomic E-state index is 12.7. The summed E-state index contributed by atoms with van der Waals surface area (Å²) in [6.45, 7) is 0.675. The predicted molar refractivity (Wildman–Crippen MR) is 97.7 cm³/mol. The molecule has 1 aromatic rings. The Morgan fingerprint density at radius 2 is 2.04 bits per heavy atom. The van der Waals surface area contributed by atoms with Crippen LogP contribution in [0, 0.1) is 0 Å². The van der Waals surface area contributed by atoms with Gasteiger partial charge in [0, 0.05) is 17.9 Å². The molecular weight excluding hydrogens is 349 g/mol. The molecule has 1 aliphatic carbocycles. The molecule has 6 heteroatoms. The zero-order valence-corrected chi connectivity index (χ0v) is 15.5. The van der Waals surface area contributed by atoms with Crippen molar-refractivity contribution in [3.63, 3.8) is 0 Å². The number of hydrogen-bond donors (Lipinski definition) is 1. The third kappa shape index (κ3) is 4.95. The van der Waals surface area contributed by atoms with Crippen LogP contribution in [0.1, 0.15) is 50.5 Å². The van der Waals surface area contributed by atoms with Crippen molar-refractivity contribution in [1.29, 1.82) is 0 Å². The molecular formula is C18H25Cl2NO3. The number of unbranched alkanes of at least 4 members (excludes halogenated alkanes) is 1. The molecule has 0 spiro atoms. The second-order valence-corrected chi connectivity index (χ2v) is 6.38. The normalized spacial score (nSPS) is 20.3. The Kier molecular flexibility index (Phi) is 8.74. The van der Waals surface area contributed by atoms with Gasteiger partial charge in [-0.25, -0.2) is 0 Å². The standard InChI is InChI=1S/C18H24ClNO3.ClH/c1-23-17(22)11-5-7-13-20-18(12-6-4-10-16(18)21)14-8-2-3-9-15(14)19;/h2-3,8-9,20H,4-7,10-13H2,1H3;1H. The highest BCUT2D eigenvalue weighted by atomic mass is 35.5. The number of nitrogens with one attached hydrogen (secondary N) is 1. The van der Waals surface area contributed by atoms with Crippen molar-refractivity contribution in [1.82, 2.24) is 5.32 Å². The fourth-order valence-electron chi connectivity index (χ4n) is 3.20. The Balaban J connectivity index is 0.00000288. The number of ketones is 1. The summed E-state index contributed by atoms with van der Waals surface area (Å²) in [5.74, 6) is 0.0179. The fourth-order valence-corrected chi connectivity index (χ4v) is 3.50. The first-order chi connectivity index (χ1) is 11.1. The van der Waals surface area contributed by atoms with E-state index in [1.54, 1.807) is 0 Å². The van der Waals surface area contributed by atoms with E-state index < -0.39 is 5.54 Å². The van der Waals surface area contributed by atoms with Crippen LogP contribution >= 0.6 is 24.0 Å². The summed E-state index contributed by atoms with van der Waals surface area (Å²) in [5.41, 5.74) is 0.196. The lowest BCUT2D eigenvalue weighted by Crippen LogP contribution is -2.51. The number of rotatable bonds is 7. The second kappa shape index (κ2) is 10.0. The van der Waals surface area contributed by atoms with Crippen LogP contribution in [-0.4, -0.2) is 25.4 Å². The third-order valence-electron chi connectivity index (χ3n) is 4.48. The molecule has 1 unspecified atom stereocenters. The van der Waals surface area contributed by atoms with Crippen LogP contribution in [0.15, 0.2) is 24.3 Å². The van der Waals surface area contributed by atoms with E-state index in [0.717, 1.165) is 37.7 Å². The first-order valence-corrected chi connectivity index (χ1v) is 8.58. The first-order valence-electron chi connectivity index (χ1n) is 8.20. The number of hydrogen-bond acceptors (Lipinski definition) is 4. The predicted octanol–water partition coefficient (Wildman–Crippen LogP) is 4.03. The van der Waals surface area contributed by atoms with Crippen LogP contribution in [0.2, 0.25) is 5.02 Å². The van der Waals surface area contributed by atoms with Crippen LogP contribution in [0.4, 0.5) is 0 Å². The smallest absolute Gasteiger partial charge is 0.305 e. The first kappa shape index (κ1) is 20.9. The van der Waals surface area contributed by atoms with Crippen molar-refractivity contribution in [2.45, 2.75) is 50.5 Å². The van der Waals surface area contributed by atoms with Gasteiger partial charge < -0.3 is 10.1 Å². The molecule has 24 heavy (non-hydrogen) atoms. The number of esters is 1. The number of Topliss-reactive ketones (excluding diaryl/α,β-unsaturated/α-hetero) is 1. The summed E-state index contributed by atoms with van der Waals surface area (Å²) in [6, 6.07) is 7.57. The van der Waals surface area contributed by atoms with Gasteiger partial charge in [-0.15, -0.1) is 12.4 Å². The molecule has 0 saturated heterocycles. The topological polar surface area (TPSA) is 55.4 Å². The van der Waals surface area contributed by atoms with E-state index in [2.05, 4.69) is 10.1 Å². The molecule has 0 radical (unpaired) electrons. The number of carbonyl (C=O) groups excluding carboxylic acids is 2. The third-order valence-corrected chi connectivity index (χ3v) is 4.81. The maximum Gasteiger partial charge on any atom is 0.305 e. The second-order valence-electron chi connectivity index (χ2n) is 5.98. The Hall–Kier alpha value is -1.10. The summed E-state index contributed by atoms with van der Waals surface area (Å²) in [7, 11) is 1.40. The van der Waals surface area contributed by atoms with Gasteiger partial charge in [0.1, 0.15) is 5.54 Å². The van der Waals surface area contributed by atoms with E-state index in [-0.39, 0.29) is 24.2 Å². The maximum absolute atomic E-state index is 12.7. The minimum absolute atomic E-state index is 0. The van der Waals surface area contributed by atoms with Crippen molar-refractivity contribution in [3.05, 3.63) is 34.9 Å². The lowest BCUT2D eigenvalue weighted by atomic mass is 9.75. The van der Waals surface area contributed by atoms with E-state index in [9.17, 15) is 9.59 Å². The largest absolute Gasteiger partial charge is 0.469 e. The van der Waals surface area contributed by atoms with E-state index in [0.29, 0.717) is 24.4 Å². The van der Waals surface area contributed by atoms with E-state index in [1.165, 1.54) is 7.11 Å². The number of benzene rings is 1. The molecule has 4 nitrogen and oxygen atoms in total. The Morgan fingerprint density at radius 1 is 1.29 bits per heavy atom. The average molecular weight is 374 g/mol. The molecule has 1 atom stereocenters. The van der Waals surface area contributed by atoms with Crippen molar-refractivity contribution in [3.8, 4) is 0 Å². The van der Waals surface area contributed by atoms with Crippen molar-refractivity contribution < 1.29 is 14.3 Å². The minimum atomic E-state index is -0.679. The lowest BCUT2D eigenvalue weighted by Gasteiger charge is -2.38. The molecule has 1 aliphatic rings. The van der Waals surface area contributed by atoms with Gasteiger partial charge in [-0.05, 0) is 43.9 Å². The van der Waals surface area contributed by atoms with Gasteiger partial charge in [0.05, 0.1) is 7.11 Å². The minimum Gasteiger partial charge on any atom is -0.469 e. The average Bonchev–Trinajstić information content (AvgIpc) is 2.56. The number of methoxy groups -OCH3 is 1. The number of halogens is 2. The highest BCUT2D eigenvalue weighted by Crippen LogP contribution is 2.37. The Bertz CT molecular complexity index is 565. The van der Waals surface area contributed by atoms with Gasteiger partial charge in [-0.3, -0.25) is 9.59 Å².